The molecular formula is C40H35ClF6N10O4S. The van der Waals surface area contributed by atoms with Gasteiger partial charge >= 0.3 is 5.69 Å². The van der Waals surface area contributed by atoms with Crippen LogP contribution in [0.4, 0.5) is 32.2 Å². The predicted octanol–water partition coefficient (Wildman–Crippen LogP) is 6.44. The van der Waals surface area contributed by atoms with Gasteiger partial charge in [-0.2, -0.15) is 24.1 Å². The van der Waals surface area contributed by atoms with Crippen LogP contribution in [-0.2, 0) is 46.3 Å². The van der Waals surface area contributed by atoms with E-state index in [1.807, 2.05) is 0 Å². The van der Waals surface area contributed by atoms with E-state index in [-0.39, 0.29) is 69.1 Å². The lowest BCUT2D eigenvalue weighted by Gasteiger charge is -2.34. The number of amides is 1. The van der Waals surface area contributed by atoms with Gasteiger partial charge in [-0.3, -0.25) is 23.4 Å². The Morgan fingerprint density at radius 3 is 2.40 bits per heavy atom. The molecule has 22 heteroatoms. The van der Waals surface area contributed by atoms with E-state index in [0.29, 0.717) is 16.3 Å². The molecule has 0 bridgehead atoms. The standard InChI is InChI=1S/C40H35ClF6N10O4S/c1-39(2,56-18-48-51-38(56)59)12-11-22-5-6-23(24-8-10-27(41)31-34(24)55(3)53-37(31)54-62(4,60)61)32(49-22)28(15-19-13-20(42)16-21(43)14-19)50-29(58)17-57-35-30(33(52-57)36(44)45)25-7-9-26(25)40(35,46)47/h5-6,8,10,13-14,16,18,25-26,28,36H,7,9,15,17H2,1-4H3,(H,50,58)(H,51,59)(H,53,54)/t25-,26+,28-/m0/s1. The summed E-state index contributed by atoms with van der Waals surface area (Å²) < 4.78 is 120. The van der Waals surface area contributed by atoms with Gasteiger partial charge in [0.2, 0.25) is 15.9 Å². The van der Waals surface area contributed by atoms with Crippen molar-refractivity contribution in [3.63, 3.8) is 0 Å². The smallest absolute Gasteiger partial charge is 0.344 e. The Hall–Kier alpha value is -6.14. The van der Waals surface area contributed by atoms with Gasteiger partial charge in [-0.15, -0.1) is 0 Å². The minimum Gasteiger partial charge on any atom is -0.346 e. The second-order valence-electron chi connectivity index (χ2n) is 15.8. The average molecular weight is 901 g/mol. The summed E-state index contributed by atoms with van der Waals surface area (Å²) in [6.07, 6.45) is -0.996. The van der Waals surface area contributed by atoms with Crippen molar-refractivity contribution in [3.8, 4) is 23.0 Å². The highest BCUT2D eigenvalue weighted by Gasteiger charge is 2.62. The van der Waals surface area contributed by atoms with Gasteiger partial charge in [-0.05, 0) is 80.8 Å². The summed E-state index contributed by atoms with van der Waals surface area (Å²) >= 11 is 6.63. The van der Waals surface area contributed by atoms with Gasteiger partial charge in [-0.1, -0.05) is 23.6 Å². The van der Waals surface area contributed by atoms with Crippen molar-refractivity contribution in [2.75, 3.05) is 11.0 Å². The lowest BCUT2D eigenvalue weighted by molar-refractivity contribution is -0.123. The van der Waals surface area contributed by atoms with Gasteiger partial charge in [-0.25, -0.2) is 40.9 Å². The van der Waals surface area contributed by atoms with E-state index in [0.717, 1.165) is 18.4 Å². The topological polar surface area (TPSA) is 174 Å². The fourth-order valence-electron chi connectivity index (χ4n) is 8.30. The number of benzene rings is 2. The molecule has 3 N–H and O–H groups in total. The molecule has 2 aliphatic carbocycles. The quantitative estimate of drug-likeness (QED) is 0.0984. The van der Waals surface area contributed by atoms with Crippen LogP contribution >= 0.6 is 11.6 Å². The Morgan fingerprint density at radius 2 is 1.77 bits per heavy atom. The van der Waals surface area contributed by atoms with Crippen molar-refractivity contribution in [2.24, 2.45) is 13.0 Å². The van der Waals surface area contributed by atoms with E-state index < -0.39 is 87.0 Å². The third-order valence-electron chi connectivity index (χ3n) is 11.1. The first kappa shape index (κ1) is 42.5. The first-order valence-corrected chi connectivity index (χ1v) is 21.2. The third kappa shape index (κ3) is 7.69. The number of nitrogens with zero attached hydrogens (tertiary/aromatic N) is 7. The van der Waals surface area contributed by atoms with E-state index in [2.05, 4.69) is 42.3 Å². The van der Waals surface area contributed by atoms with E-state index in [4.69, 9.17) is 16.6 Å². The van der Waals surface area contributed by atoms with Gasteiger partial charge in [0, 0.05) is 35.7 Å². The number of carbonyl (C=O) groups is 1. The summed E-state index contributed by atoms with van der Waals surface area (Å²) in [5.74, 6) is -2.67. The number of carbonyl (C=O) groups excluding carboxylic acids is 1. The lowest BCUT2D eigenvalue weighted by Crippen LogP contribution is -2.36. The summed E-state index contributed by atoms with van der Waals surface area (Å²) in [5.41, 5.74) is -2.53. The highest BCUT2D eigenvalue weighted by molar-refractivity contribution is 7.92. The molecule has 6 aromatic rings. The molecule has 0 spiro atoms. The highest BCUT2D eigenvalue weighted by atomic mass is 35.5. The number of sulfonamides is 1. The van der Waals surface area contributed by atoms with Crippen molar-refractivity contribution in [1.29, 1.82) is 0 Å². The van der Waals surface area contributed by atoms with Crippen LogP contribution in [0.15, 0.2) is 53.6 Å². The number of pyridine rings is 1. The molecule has 1 amide bonds. The highest BCUT2D eigenvalue weighted by Crippen LogP contribution is 2.63. The SMILES string of the molecule is Cn1nc(NS(C)(=O)=O)c2c(Cl)ccc(-c3ccc(C#CC(C)(C)n4cn[nH]c4=O)nc3[C@H](Cc3cc(F)cc(F)c3)NC(=O)Cn3nc(C(F)F)c4c3C(F)(F)[C@@H]3CC[C@H]43)c21. The Balaban J connectivity index is 1.29. The Kier molecular flexibility index (Phi) is 10.5. The molecular weight excluding hydrogens is 866 g/mol. The zero-order valence-corrected chi connectivity index (χ0v) is 34.6. The van der Waals surface area contributed by atoms with Crippen LogP contribution in [0.1, 0.15) is 79.0 Å². The maximum Gasteiger partial charge on any atom is 0.344 e. The number of rotatable bonds is 11. The molecule has 0 saturated heterocycles. The Morgan fingerprint density at radius 1 is 1.06 bits per heavy atom. The van der Waals surface area contributed by atoms with Crippen molar-refractivity contribution < 1.29 is 39.6 Å². The van der Waals surface area contributed by atoms with Gasteiger partial charge < -0.3 is 5.32 Å². The molecule has 3 atom stereocenters. The number of fused-ring (bicyclic) bond motifs is 4. The first-order valence-electron chi connectivity index (χ1n) is 18.9. The average Bonchev–Trinajstić information content (AvgIpc) is 3.87. The van der Waals surface area contributed by atoms with Gasteiger partial charge in [0.1, 0.15) is 47.1 Å². The number of nitrogens with one attached hydrogen (secondary N) is 3. The Bertz CT molecular complexity index is 3020. The summed E-state index contributed by atoms with van der Waals surface area (Å²) in [5, 5.41) is 17.2. The monoisotopic (exact) mass is 900 g/mol. The second kappa shape index (κ2) is 15.3. The molecule has 2 aromatic carbocycles. The first-order chi connectivity index (χ1) is 29.1. The van der Waals surface area contributed by atoms with Crippen LogP contribution in [0.2, 0.25) is 5.02 Å². The zero-order valence-electron chi connectivity index (χ0n) is 33.1. The number of alkyl halides is 4. The molecule has 2 aliphatic rings. The Labute approximate surface area is 353 Å². The minimum absolute atomic E-state index is 0.0119. The van der Waals surface area contributed by atoms with Crippen LogP contribution in [0, 0.1) is 29.4 Å². The van der Waals surface area contributed by atoms with Crippen LogP contribution < -0.4 is 15.7 Å². The molecule has 0 unspecified atom stereocenters. The fraction of sp³-hybridized carbons (Fsp3) is 0.350. The number of H-pyrrole nitrogens is 1. The van der Waals surface area contributed by atoms with Crippen molar-refractivity contribution in [1.82, 2.24) is 44.6 Å². The van der Waals surface area contributed by atoms with Crippen molar-refractivity contribution >= 4 is 44.3 Å². The summed E-state index contributed by atoms with van der Waals surface area (Å²) in [4.78, 5) is 31.4. The number of aryl methyl sites for hydroxylation is 1. The van der Waals surface area contributed by atoms with E-state index in [9.17, 15) is 35.6 Å². The number of hydrogen-bond acceptors (Lipinski definition) is 8. The summed E-state index contributed by atoms with van der Waals surface area (Å²) in [6, 6.07) is 7.46. The fourth-order valence-corrected chi connectivity index (χ4v) is 9.04. The molecule has 14 nitrogen and oxygen atoms in total. The van der Waals surface area contributed by atoms with Gasteiger partial charge in [0.05, 0.1) is 33.9 Å². The predicted molar refractivity (Wildman–Crippen MR) is 214 cm³/mol. The lowest BCUT2D eigenvalue weighted by atomic mass is 9.73. The van der Waals surface area contributed by atoms with E-state index >= 15 is 8.78 Å². The summed E-state index contributed by atoms with van der Waals surface area (Å²) in [7, 11) is -2.33. The molecule has 4 aromatic heterocycles. The molecule has 0 radical (unpaired) electrons. The number of anilines is 1. The normalized spacial score (nSPS) is 17.3. The maximum atomic E-state index is 15.7. The second-order valence-corrected chi connectivity index (χ2v) is 17.9. The van der Waals surface area contributed by atoms with Crippen LogP contribution in [-0.4, -0.2) is 59.9 Å². The molecule has 8 rings (SSSR count). The number of aromatic amines is 1. The number of halogens is 7. The minimum atomic E-state index is -3.86. The number of hydrogen-bond donors (Lipinski definition) is 3. The maximum absolute atomic E-state index is 15.7. The zero-order chi connectivity index (χ0) is 44.6. The molecule has 0 aliphatic heterocycles. The molecule has 62 heavy (non-hydrogen) atoms. The van der Waals surface area contributed by atoms with Crippen LogP contribution in [0.25, 0.3) is 22.0 Å². The van der Waals surface area contributed by atoms with Crippen molar-refractivity contribution in [3.05, 3.63) is 110 Å². The summed E-state index contributed by atoms with van der Waals surface area (Å²) in [6.45, 7) is 2.35. The number of aromatic nitrogens is 8. The van der Waals surface area contributed by atoms with Gasteiger partial charge in [0.15, 0.2) is 5.82 Å². The molecule has 1 fully saturated rings. The molecule has 324 valence electrons. The molecule has 4 heterocycles. The van der Waals surface area contributed by atoms with E-state index in [1.165, 1.54) is 34.8 Å². The van der Waals surface area contributed by atoms with Crippen LogP contribution in [0.5, 0.6) is 0 Å². The van der Waals surface area contributed by atoms with Gasteiger partial charge in [0.25, 0.3) is 12.3 Å². The van der Waals surface area contributed by atoms with Crippen LogP contribution in [0.3, 0.4) is 0 Å². The third-order valence-corrected chi connectivity index (χ3v) is 11.9. The van der Waals surface area contributed by atoms with Crippen molar-refractivity contribution in [2.45, 2.75) is 69.5 Å². The van der Waals surface area contributed by atoms with E-state index in [1.54, 1.807) is 26.0 Å². The largest absolute Gasteiger partial charge is 0.346 e. The molecule has 1 saturated carbocycles.